The maximum atomic E-state index is 12.8. The topological polar surface area (TPSA) is 37.0 Å². The molecular weight excluding hydrogens is 169 g/mol. The highest BCUT2D eigenvalue weighted by atomic mass is 19.1. The molecule has 0 spiro atoms. The van der Waals surface area contributed by atoms with Crippen molar-refractivity contribution in [2.45, 2.75) is 6.04 Å². The fraction of sp³-hybridized carbons (Fsp3) is 0.444. The minimum atomic E-state index is -0.412. The lowest BCUT2D eigenvalue weighted by Gasteiger charge is -2.23. The van der Waals surface area contributed by atoms with Crippen molar-refractivity contribution in [3.05, 3.63) is 29.8 Å². The van der Waals surface area contributed by atoms with E-state index in [0.29, 0.717) is 0 Å². The second-order valence-electron chi connectivity index (χ2n) is 3.10. The van der Waals surface area contributed by atoms with Crippen LogP contribution < -0.4 is 10.6 Å². The van der Waals surface area contributed by atoms with Crippen LogP contribution in [-0.2, 0) is 0 Å². The maximum absolute atomic E-state index is 12.8. The molecule has 70 valence electrons. The van der Waals surface area contributed by atoms with Gasteiger partial charge in [0.1, 0.15) is 0 Å². The van der Waals surface area contributed by atoms with Crippen LogP contribution in [0.3, 0.4) is 0 Å². The first-order valence-electron chi connectivity index (χ1n) is 4.43. The van der Waals surface area contributed by atoms with Crippen molar-refractivity contribution in [2.75, 3.05) is 19.6 Å². The van der Waals surface area contributed by atoms with E-state index in [4.69, 9.17) is 0 Å². The summed E-state index contributed by atoms with van der Waals surface area (Å²) >= 11 is 0. The molecule has 1 aliphatic heterocycles. The van der Waals surface area contributed by atoms with E-state index in [2.05, 4.69) is 15.6 Å². The van der Waals surface area contributed by atoms with E-state index in [1.54, 1.807) is 6.07 Å². The van der Waals surface area contributed by atoms with Gasteiger partial charge >= 0.3 is 0 Å². The number of hydrogen-bond donors (Lipinski definition) is 2. The number of piperazine rings is 1. The zero-order chi connectivity index (χ0) is 9.10. The third kappa shape index (κ3) is 2.02. The highest BCUT2D eigenvalue weighted by Crippen LogP contribution is 2.10. The smallest absolute Gasteiger partial charge is 0.213 e. The molecule has 0 bridgehead atoms. The summed E-state index contributed by atoms with van der Waals surface area (Å²) in [7, 11) is 0. The van der Waals surface area contributed by atoms with Crippen molar-refractivity contribution in [2.24, 2.45) is 0 Å². The number of halogens is 1. The molecule has 2 N–H and O–H groups in total. The number of hydrogen-bond acceptors (Lipinski definition) is 3. The van der Waals surface area contributed by atoms with E-state index in [1.165, 1.54) is 6.07 Å². The molecule has 1 saturated heterocycles. The summed E-state index contributed by atoms with van der Waals surface area (Å²) in [6.07, 6.45) is 0. The Bertz CT molecular complexity index is 284. The minimum Gasteiger partial charge on any atom is -0.314 e. The molecule has 0 aromatic carbocycles. The Morgan fingerprint density at radius 1 is 1.38 bits per heavy atom. The first-order valence-corrected chi connectivity index (χ1v) is 4.43. The van der Waals surface area contributed by atoms with Crippen LogP contribution >= 0.6 is 0 Å². The summed E-state index contributed by atoms with van der Waals surface area (Å²) in [6, 6.07) is 5.03. The third-order valence-electron chi connectivity index (χ3n) is 2.13. The second-order valence-corrected chi connectivity index (χ2v) is 3.10. The average Bonchev–Trinajstić information content (AvgIpc) is 2.19. The van der Waals surface area contributed by atoms with Gasteiger partial charge in [0.2, 0.25) is 5.95 Å². The molecule has 1 unspecified atom stereocenters. The summed E-state index contributed by atoms with van der Waals surface area (Å²) in [4.78, 5) is 3.83. The number of nitrogens with one attached hydrogen (secondary N) is 2. The van der Waals surface area contributed by atoms with Crippen LogP contribution in [0, 0.1) is 5.95 Å². The highest BCUT2D eigenvalue weighted by molar-refractivity contribution is 5.10. The van der Waals surface area contributed by atoms with Crippen molar-refractivity contribution in [1.29, 1.82) is 0 Å². The molecular formula is C9H12FN3. The van der Waals surface area contributed by atoms with Gasteiger partial charge in [0, 0.05) is 19.6 Å². The van der Waals surface area contributed by atoms with Crippen LogP contribution in [0.1, 0.15) is 11.7 Å². The van der Waals surface area contributed by atoms with E-state index in [-0.39, 0.29) is 6.04 Å². The Hall–Kier alpha value is -1.00. The van der Waals surface area contributed by atoms with Gasteiger partial charge < -0.3 is 10.6 Å². The summed E-state index contributed by atoms with van der Waals surface area (Å²) in [5, 5.41) is 6.50. The van der Waals surface area contributed by atoms with Crippen LogP contribution in [-0.4, -0.2) is 24.6 Å². The van der Waals surface area contributed by atoms with Gasteiger partial charge in [0.05, 0.1) is 11.7 Å². The summed E-state index contributed by atoms with van der Waals surface area (Å²) < 4.78 is 12.8. The van der Waals surface area contributed by atoms with E-state index in [0.717, 1.165) is 25.3 Å². The van der Waals surface area contributed by atoms with Crippen molar-refractivity contribution in [3.63, 3.8) is 0 Å². The standard InChI is InChI=1S/C9H12FN3/c10-9-3-1-2-7(13-9)8-6-11-4-5-12-8/h1-3,8,11-12H,4-6H2. The molecule has 0 aliphatic carbocycles. The lowest BCUT2D eigenvalue weighted by molar-refractivity contribution is 0.417. The number of rotatable bonds is 1. The van der Waals surface area contributed by atoms with Gasteiger partial charge in [-0.2, -0.15) is 4.39 Å². The fourth-order valence-electron chi connectivity index (χ4n) is 1.48. The largest absolute Gasteiger partial charge is 0.314 e. The van der Waals surface area contributed by atoms with Crippen LogP contribution in [0.5, 0.6) is 0 Å². The molecule has 1 atom stereocenters. The predicted octanol–water partition coefficient (Wildman–Crippen LogP) is 0.455. The Balaban J connectivity index is 2.14. The SMILES string of the molecule is Fc1cccc(C2CNCCN2)n1. The first kappa shape index (κ1) is 8.59. The third-order valence-corrected chi connectivity index (χ3v) is 2.13. The molecule has 2 rings (SSSR count). The monoisotopic (exact) mass is 181 g/mol. The maximum Gasteiger partial charge on any atom is 0.213 e. The summed E-state index contributed by atoms with van der Waals surface area (Å²) in [5.41, 5.74) is 0.771. The molecule has 0 amide bonds. The van der Waals surface area contributed by atoms with Gasteiger partial charge in [-0.25, -0.2) is 4.98 Å². The first-order chi connectivity index (χ1) is 6.36. The van der Waals surface area contributed by atoms with Gasteiger partial charge in [-0.15, -0.1) is 0 Å². The lowest BCUT2D eigenvalue weighted by atomic mass is 10.1. The molecule has 0 radical (unpaired) electrons. The van der Waals surface area contributed by atoms with Crippen molar-refractivity contribution in [1.82, 2.24) is 15.6 Å². The normalized spacial score (nSPS) is 23.0. The van der Waals surface area contributed by atoms with E-state index in [9.17, 15) is 4.39 Å². The van der Waals surface area contributed by atoms with Crippen LogP contribution in [0.4, 0.5) is 4.39 Å². The van der Waals surface area contributed by atoms with Gasteiger partial charge in [-0.1, -0.05) is 6.07 Å². The molecule has 1 aliphatic rings. The van der Waals surface area contributed by atoms with E-state index in [1.807, 2.05) is 6.07 Å². The average molecular weight is 181 g/mol. The van der Waals surface area contributed by atoms with E-state index < -0.39 is 5.95 Å². The second kappa shape index (κ2) is 3.81. The molecule has 1 aromatic heterocycles. The van der Waals surface area contributed by atoms with Gasteiger partial charge in [-0.3, -0.25) is 0 Å². The molecule has 0 saturated carbocycles. The zero-order valence-corrected chi connectivity index (χ0v) is 7.26. The van der Waals surface area contributed by atoms with Crippen molar-refractivity contribution < 1.29 is 4.39 Å². The number of pyridine rings is 1. The molecule has 13 heavy (non-hydrogen) atoms. The molecule has 1 aromatic rings. The lowest BCUT2D eigenvalue weighted by Crippen LogP contribution is -2.43. The summed E-state index contributed by atoms with van der Waals surface area (Å²) in [5.74, 6) is -0.412. The molecule has 3 nitrogen and oxygen atoms in total. The molecule has 4 heteroatoms. The quantitative estimate of drug-likeness (QED) is 0.618. The van der Waals surface area contributed by atoms with Crippen LogP contribution in [0.2, 0.25) is 0 Å². The Kier molecular flexibility index (Phi) is 2.52. The van der Waals surface area contributed by atoms with Gasteiger partial charge in [0.15, 0.2) is 0 Å². The van der Waals surface area contributed by atoms with Crippen LogP contribution in [0.25, 0.3) is 0 Å². The molecule has 2 heterocycles. The zero-order valence-electron chi connectivity index (χ0n) is 7.26. The Labute approximate surface area is 76.4 Å². The van der Waals surface area contributed by atoms with Gasteiger partial charge in [-0.05, 0) is 12.1 Å². The predicted molar refractivity (Wildman–Crippen MR) is 47.8 cm³/mol. The highest BCUT2D eigenvalue weighted by Gasteiger charge is 2.15. The van der Waals surface area contributed by atoms with E-state index >= 15 is 0 Å². The Morgan fingerprint density at radius 2 is 2.31 bits per heavy atom. The minimum absolute atomic E-state index is 0.143. The van der Waals surface area contributed by atoms with Gasteiger partial charge in [0.25, 0.3) is 0 Å². The van der Waals surface area contributed by atoms with Crippen LogP contribution in [0.15, 0.2) is 18.2 Å². The van der Waals surface area contributed by atoms with Crippen molar-refractivity contribution >= 4 is 0 Å². The molecule has 1 fully saturated rings. The number of nitrogens with zero attached hydrogens (tertiary/aromatic N) is 1. The fourth-order valence-corrected chi connectivity index (χ4v) is 1.48. The number of aromatic nitrogens is 1. The summed E-state index contributed by atoms with van der Waals surface area (Å²) in [6.45, 7) is 2.69. The van der Waals surface area contributed by atoms with Crippen molar-refractivity contribution in [3.8, 4) is 0 Å². The Morgan fingerprint density at radius 3 is 3.00 bits per heavy atom.